The van der Waals surface area contributed by atoms with E-state index in [-0.39, 0.29) is 5.82 Å². The number of nitrogens with one attached hydrogen (secondary N) is 1. The summed E-state index contributed by atoms with van der Waals surface area (Å²) >= 11 is 5.75. The first-order valence-electron chi connectivity index (χ1n) is 4.83. The molecule has 0 aromatic heterocycles. The fourth-order valence-corrected chi connectivity index (χ4v) is 1.62. The molecule has 3 nitrogen and oxygen atoms in total. The molecule has 1 fully saturated rings. The third-order valence-electron chi connectivity index (χ3n) is 2.54. The number of nitriles is 1. The molecule has 84 valence electrons. The van der Waals surface area contributed by atoms with Crippen LogP contribution in [0.15, 0.2) is 18.2 Å². The van der Waals surface area contributed by atoms with E-state index >= 15 is 0 Å². The van der Waals surface area contributed by atoms with Crippen LogP contribution in [0, 0.1) is 22.6 Å². The molecule has 1 saturated heterocycles. The Bertz CT molecular complexity index is 440. The first-order chi connectivity index (χ1) is 7.65. The normalized spacial score (nSPS) is 17.3. The number of rotatable bonds is 3. The van der Waals surface area contributed by atoms with Gasteiger partial charge in [-0.05, 0) is 18.2 Å². The molecule has 0 spiro atoms. The van der Waals surface area contributed by atoms with Gasteiger partial charge in [-0.2, -0.15) is 5.26 Å². The second-order valence-electron chi connectivity index (χ2n) is 3.86. The summed E-state index contributed by atoms with van der Waals surface area (Å²) in [5.74, 6) is -0.377. The quantitative estimate of drug-likeness (QED) is 0.883. The Kier molecular flexibility index (Phi) is 2.99. The number of anilines is 1. The fourth-order valence-electron chi connectivity index (χ4n) is 1.45. The van der Waals surface area contributed by atoms with Crippen molar-refractivity contribution in [3.05, 3.63) is 29.0 Å². The van der Waals surface area contributed by atoms with Crippen LogP contribution in [0.1, 0.15) is 0 Å². The minimum atomic E-state index is -0.533. The van der Waals surface area contributed by atoms with Crippen molar-refractivity contribution in [2.75, 3.05) is 25.1 Å². The van der Waals surface area contributed by atoms with Crippen molar-refractivity contribution in [3.8, 4) is 6.07 Å². The Morgan fingerprint density at radius 2 is 2.31 bits per heavy atom. The number of hydrogen-bond donors (Lipinski definition) is 1. The molecule has 1 aromatic rings. The number of hydrogen-bond acceptors (Lipinski definition) is 3. The molecule has 0 saturated carbocycles. The summed E-state index contributed by atoms with van der Waals surface area (Å²) in [6, 6.07) is 6.45. The minimum absolute atomic E-state index is 0.314. The predicted molar refractivity (Wildman–Crippen MR) is 58.8 cm³/mol. The highest BCUT2D eigenvalue weighted by atomic mass is 35.5. The molecule has 16 heavy (non-hydrogen) atoms. The average molecular weight is 241 g/mol. The van der Waals surface area contributed by atoms with Crippen LogP contribution in [-0.4, -0.2) is 19.8 Å². The van der Waals surface area contributed by atoms with E-state index in [0.29, 0.717) is 30.5 Å². The third-order valence-corrected chi connectivity index (χ3v) is 2.77. The Morgan fingerprint density at radius 3 is 2.88 bits per heavy atom. The molecular weight excluding hydrogens is 231 g/mol. The number of nitrogens with zero attached hydrogens (tertiary/aromatic N) is 1. The molecule has 0 amide bonds. The summed E-state index contributed by atoms with van der Waals surface area (Å²) in [6.07, 6.45) is 0. The van der Waals surface area contributed by atoms with Crippen molar-refractivity contribution in [2.45, 2.75) is 0 Å². The zero-order valence-corrected chi connectivity index (χ0v) is 9.22. The maximum Gasteiger partial charge on any atom is 0.146 e. The van der Waals surface area contributed by atoms with Gasteiger partial charge in [0.1, 0.15) is 11.2 Å². The molecule has 5 heteroatoms. The van der Waals surface area contributed by atoms with E-state index < -0.39 is 5.41 Å². The Balaban J connectivity index is 2.05. The summed E-state index contributed by atoms with van der Waals surface area (Å²) in [4.78, 5) is 0. The zero-order chi connectivity index (χ0) is 11.6. The van der Waals surface area contributed by atoms with Crippen molar-refractivity contribution in [1.29, 1.82) is 5.26 Å². The molecule has 1 N–H and O–H groups in total. The van der Waals surface area contributed by atoms with E-state index in [1.54, 1.807) is 0 Å². The second-order valence-corrected chi connectivity index (χ2v) is 4.30. The number of ether oxygens (including phenoxy) is 1. The van der Waals surface area contributed by atoms with Crippen molar-refractivity contribution in [1.82, 2.24) is 0 Å². The molecule has 1 aliphatic rings. The van der Waals surface area contributed by atoms with Gasteiger partial charge in [0.2, 0.25) is 0 Å². The molecule has 1 aromatic carbocycles. The first kappa shape index (κ1) is 11.2. The monoisotopic (exact) mass is 240 g/mol. The molecule has 0 bridgehead atoms. The lowest BCUT2D eigenvalue weighted by Crippen LogP contribution is -2.46. The van der Waals surface area contributed by atoms with Gasteiger partial charge in [0, 0.05) is 11.6 Å². The molecule has 2 rings (SSSR count). The van der Waals surface area contributed by atoms with E-state index in [2.05, 4.69) is 11.4 Å². The summed E-state index contributed by atoms with van der Waals surface area (Å²) in [6.45, 7) is 1.14. The summed E-state index contributed by atoms with van der Waals surface area (Å²) in [5.41, 5.74) is -0.219. The fraction of sp³-hybridized carbons (Fsp3) is 0.364. The maximum absolute atomic E-state index is 13.3. The molecule has 1 heterocycles. The van der Waals surface area contributed by atoms with Gasteiger partial charge in [0.15, 0.2) is 0 Å². The van der Waals surface area contributed by atoms with Crippen LogP contribution in [0.3, 0.4) is 0 Å². The summed E-state index contributed by atoms with van der Waals surface area (Å²) in [7, 11) is 0. The van der Waals surface area contributed by atoms with Gasteiger partial charge in [0.25, 0.3) is 0 Å². The van der Waals surface area contributed by atoms with Crippen LogP contribution in [0.4, 0.5) is 10.1 Å². The van der Waals surface area contributed by atoms with Crippen molar-refractivity contribution in [2.24, 2.45) is 5.41 Å². The van der Waals surface area contributed by atoms with E-state index in [1.807, 2.05) is 0 Å². The highest BCUT2D eigenvalue weighted by Crippen LogP contribution is 2.28. The van der Waals surface area contributed by atoms with Gasteiger partial charge in [-0.1, -0.05) is 11.6 Å². The lowest BCUT2D eigenvalue weighted by molar-refractivity contribution is -0.0690. The van der Waals surface area contributed by atoms with Crippen molar-refractivity contribution >= 4 is 17.3 Å². The van der Waals surface area contributed by atoms with E-state index in [9.17, 15) is 4.39 Å². The van der Waals surface area contributed by atoms with Gasteiger partial charge >= 0.3 is 0 Å². The Labute approximate surface area is 97.8 Å². The van der Waals surface area contributed by atoms with Gasteiger partial charge in [-0.25, -0.2) is 4.39 Å². The van der Waals surface area contributed by atoms with Crippen LogP contribution < -0.4 is 5.32 Å². The Morgan fingerprint density at radius 1 is 1.56 bits per heavy atom. The van der Waals surface area contributed by atoms with Crippen LogP contribution >= 0.6 is 11.6 Å². The molecule has 0 atom stereocenters. The van der Waals surface area contributed by atoms with Gasteiger partial charge in [-0.15, -0.1) is 0 Å². The first-order valence-corrected chi connectivity index (χ1v) is 5.21. The molecule has 1 aliphatic heterocycles. The average Bonchev–Trinajstić information content (AvgIpc) is 2.22. The maximum atomic E-state index is 13.3. The zero-order valence-electron chi connectivity index (χ0n) is 8.46. The number of benzene rings is 1. The van der Waals surface area contributed by atoms with Crippen LogP contribution in [-0.2, 0) is 4.74 Å². The summed E-state index contributed by atoms with van der Waals surface area (Å²) < 4.78 is 18.3. The highest BCUT2D eigenvalue weighted by molar-refractivity contribution is 6.30. The molecule has 0 aliphatic carbocycles. The van der Waals surface area contributed by atoms with Gasteiger partial charge in [-0.3, -0.25) is 0 Å². The van der Waals surface area contributed by atoms with E-state index in [1.165, 1.54) is 18.2 Å². The third kappa shape index (κ3) is 2.11. The second kappa shape index (κ2) is 4.28. The largest absolute Gasteiger partial charge is 0.381 e. The lowest BCUT2D eigenvalue weighted by atomic mass is 9.88. The lowest BCUT2D eigenvalue weighted by Gasteiger charge is -2.35. The predicted octanol–water partition coefficient (Wildman–Crippen LogP) is 2.43. The topological polar surface area (TPSA) is 45.0 Å². The van der Waals surface area contributed by atoms with Gasteiger partial charge in [0.05, 0.1) is 25.0 Å². The van der Waals surface area contributed by atoms with Gasteiger partial charge < -0.3 is 10.1 Å². The SMILES string of the molecule is N#CC1(CNc2cc(Cl)ccc2F)COC1. The number of halogens is 2. The molecule has 0 unspecified atom stereocenters. The van der Waals surface area contributed by atoms with Crippen LogP contribution in [0.25, 0.3) is 0 Å². The van der Waals surface area contributed by atoms with Crippen LogP contribution in [0.5, 0.6) is 0 Å². The van der Waals surface area contributed by atoms with E-state index in [0.717, 1.165) is 0 Å². The smallest absolute Gasteiger partial charge is 0.146 e. The highest BCUT2D eigenvalue weighted by Gasteiger charge is 2.38. The van der Waals surface area contributed by atoms with E-state index in [4.69, 9.17) is 21.6 Å². The minimum Gasteiger partial charge on any atom is -0.381 e. The molecule has 0 radical (unpaired) electrons. The molecular formula is C11H10ClFN2O. The van der Waals surface area contributed by atoms with Crippen molar-refractivity contribution < 1.29 is 9.13 Å². The standard InChI is InChI=1S/C11H10ClFN2O/c12-8-1-2-9(13)10(3-8)15-5-11(4-14)6-16-7-11/h1-3,15H,5-7H2. The summed E-state index contributed by atoms with van der Waals surface area (Å²) in [5, 5.41) is 12.3. The Hall–Kier alpha value is -1.31. The van der Waals surface area contributed by atoms with Crippen LogP contribution in [0.2, 0.25) is 5.02 Å². The van der Waals surface area contributed by atoms with Crippen molar-refractivity contribution in [3.63, 3.8) is 0 Å².